The number of methoxy groups -OCH3 is 5. The zero-order valence-corrected chi connectivity index (χ0v) is 15.5. The Morgan fingerprint density at radius 3 is 1.88 bits per heavy atom. The highest BCUT2D eigenvalue weighted by Gasteiger charge is 2.19. The second kappa shape index (κ2) is 8.80. The van der Waals surface area contributed by atoms with Crippen molar-refractivity contribution in [1.29, 1.82) is 0 Å². The molecule has 0 fully saturated rings. The number of allylic oxidation sites excluding steroid dienone is 1. The van der Waals surface area contributed by atoms with E-state index >= 15 is 0 Å². The SMILES string of the molecule is COc1cc(/C=C/C(=O)c2ccc(OC)c(OC)c2OC)cc(OC)c1. The second-order valence-electron chi connectivity index (χ2n) is 5.23. The van der Waals surface area contributed by atoms with Crippen LogP contribution in [0.5, 0.6) is 28.7 Å². The molecule has 0 radical (unpaired) electrons. The fraction of sp³-hybridized carbons (Fsp3) is 0.250. The van der Waals surface area contributed by atoms with Crippen LogP contribution in [0.4, 0.5) is 0 Å². The van der Waals surface area contributed by atoms with Gasteiger partial charge in [-0.05, 0) is 35.9 Å². The summed E-state index contributed by atoms with van der Waals surface area (Å²) < 4.78 is 26.4. The highest BCUT2D eigenvalue weighted by molar-refractivity contribution is 6.09. The third-order valence-corrected chi connectivity index (χ3v) is 3.77. The predicted octanol–water partition coefficient (Wildman–Crippen LogP) is 3.63. The average Bonchev–Trinajstić information content (AvgIpc) is 2.70. The topological polar surface area (TPSA) is 63.2 Å². The Balaban J connectivity index is 2.37. The summed E-state index contributed by atoms with van der Waals surface area (Å²) in [6.45, 7) is 0. The molecule has 0 aliphatic rings. The predicted molar refractivity (Wildman–Crippen MR) is 99.0 cm³/mol. The second-order valence-corrected chi connectivity index (χ2v) is 5.23. The van der Waals surface area contributed by atoms with Crippen LogP contribution in [0.15, 0.2) is 36.4 Å². The highest BCUT2D eigenvalue weighted by atomic mass is 16.5. The van der Waals surface area contributed by atoms with Gasteiger partial charge in [0.1, 0.15) is 11.5 Å². The zero-order valence-electron chi connectivity index (χ0n) is 15.5. The smallest absolute Gasteiger partial charge is 0.204 e. The number of ketones is 1. The van der Waals surface area contributed by atoms with Gasteiger partial charge in [0.15, 0.2) is 17.3 Å². The van der Waals surface area contributed by atoms with E-state index in [1.807, 2.05) is 0 Å². The number of hydrogen-bond acceptors (Lipinski definition) is 6. The van der Waals surface area contributed by atoms with Crippen molar-refractivity contribution in [3.8, 4) is 28.7 Å². The van der Waals surface area contributed by atoms with Crippen molar-refractivity contribution >= 4 is 11.9 Å². The van der Waals surface area contributed by atoms with Gasteiger partial charge in [0.25, 0.3) is 0 Å². The van der Waals surface area contributed by atoms with Crippen LogP contribution in [0.25, 0.3) is 6.08 Å². The first-order valence-corrected chi connectivity index (χ1v) is 7.82. The number of benzene rings is 2. The molecule has 2 aromatic rings. The summed E-state index contributed by atoms with van der Waals surface area (Å²) in [5, 5.41) is 0. The molecule has 0 spiro atoms. The maximum atomic E-state index is 12.6. The van der Waals surface area contributed by atoms with E-state index in [1.54, 1.807) is 50.6 Å². The van der Waals surface area contributed by atoms with Crippen LogP contribution in [0.2, 0.25) is 0 Å². The molecule has 6 nitrogen and oxygen atoms in total. The van der Waals surface area contributed by atoms with Gasteiger partial charge < -0.3 is 23.7 Å². The van der Waals surface area contributed by atoms with E-state index in [2.05, 4.69) is 0 Å². The fourth-order valence-corrected chi connectivity index (χ4v) is 2.48. The molecule has 0 saturated carbocycles. The van der Waals surface area contributed by atoms with Gasteiger partial charge in [-0.3, -0.25) is 4.79 Å². The van der Waals surface area contributed by atoms with Gasteiger partial charge in [0.2, 0.25) is 5.75 Å². The van der Waals surface area contributed by atoms with Gasteiger partial charge in [-0.15, -0.1) is 0 Å². The van der Waals surface area contributed by atoms with E-state index in [0.717, 1.165) is 5.56 Å². The lowest BCUT2D eigenvalue weighted by molar-refractivity contribution is 0.104. The molecule has 6 heteroatoms. The third-order valence-electron chi connectivity index (χ3n) is 3.77. The van der Waals surface area contributed by atoms with E-state index in [0.29, 0.717) is 34.3 Å². The Hall–Kier alpha value is -3.15. The molecule has 0 bridgehead atoms. The van der Waals surface area contributed by atoms with E-state index in [9.17, 15) is 4.79 Å². The van der Waals surface area contributed by atoms with Crippen molar-refractivity contribution in [2.45, 2.75) is 0 Å². The molecule has 0 saturated heterocycles. The van der Waals surface area contributed by atoms with Crippen LogP contribution in [-0.4, -0.2) is 41.3 Å². The minimum Gasteiger partial charge on any atom is -0.497 e. The molecule has 0 N–H and O–H groups in total. The molecule has 0 unspecified atom stereocenters. The highest BCUT2D eigenvalue weighted by Crippen LogP contribution is 2.40. The molecule has 0 heterocycles. The van der Waals surface area contributed by atoms with Crippen LogP contribution < -0.4 is 23.7 Å². The summed E-state index contributed by atoms with van der Waals surface area (Å²) in [5.41, 5.74) is 1.14. The molecule has 0 atom stereocenters. The molecule has 26 heavy (non-hydrogen) atoms. The maximum absolute atomic E-state index is 12.6. The van der Waals surface area contributed by atoms with E-state index < -0.39 is 0 Å². The first-order valence-electron chi connectivity index (χ1n) is 7.82. The molecule has 138 valence electrons. The Kier molecular flexibility index (Phi) is 6.49. The van der Waals surface area contributed by atoms with E-state index in [4.69, 9.17) is 23.7 Å². The fourth-order valence-electron chi connectivity index (χ4n) is 2.48. The van der Waals surface area contributed by atoms with E-state index in [1.165, 1.54) is 27.4 Å². The number of carbonyl (C=O) groups is 1. The normalized spacial score (nSPS) is 10.5. The van der Waals surface area contributed by atoms with Crippen molar-refractivity contribution in [3.63, 3.8) is 0 Å². The van der Waals surface area contributed by atoms with Gasteiger partial charge in [-0.1, -0.05) is 6.08 Å². The Bertz CT molecular complexity index is 788. The van der Waals surface area contributed by atoms with Gasteiger partial charge in [0.05, 0.1) is 41.1 Å². The molecule has 0 amide bonds. The number of carbonyl (C=O) groups excluding carboxylic acids is 1. The van der Waals surface area contributed by atoms with Crippen LogP contribution in [0.3, 0.4) is 0 Å². The summed E-state index contributed by atoms with van der Waals surface area (Å²) >= 11 is 0. The maximum Gasteiger partial charge on any atom is 0.204 e. The minimum atomic E-state index is -0.232. The van der Waals surface area contributed by atoms with Gasteiger partial charge >= 0.3 is 0 Å². The van der Waals surface area contributed by atoms with Gasteiger partial charge in [0, 0.05) is 6.07 Å². The van der Waals surface area contributed by atoms with Crippen LogP contribution in [0, 0.1) is 0 Å². The van der Waals surface area contributed by atoms with Crippen molar-refractivity contribution < 1.29 is 28.5 Å². The lowest BCUT2D eigenvalue weighted by Crippen LogP contribution is -2.02. The van der Waals surface area contributed by atoms with Crippen LogP contribution in [-0.2, 0) is 0 Å². The van der Waals surface area contributed by atoms with Crippen molar-refractivity contribution in [2.24, 2.45) is 0 Å². The lowest BCUT2D eigenvalue weighted by Gasteiger charge is -2.14. The Morgan fingerprint density at radius 1 is 0.769 bits per heavy atom. The minimum absolute atomic E-state index is 0.232. The number of ether oxygens (including phenoxy) is 5. The van der Waals surface area contributed by atoms with Crippen molar-refractivity contribution in [2.75, 3.05) is 35.5 Å². The summed E-state index contributed by atoms with van der Waals surface area (Å²) in [5.74, 6) is 2.23. The monoisotopic (exact) mass is 358 g/mol. The van der Waals surface area contributed by atoms with Crippen molar-refractivity contribution in [3.05, 3.63) is 47.5 Å². The quantitative estimate of drug-likeness (QED) is 0.530. The van der Waals surface area contributed by atoms with Crippen LogP contribution in [0.1, 0.15) is 15.9 Å². The number of hydrogen-bond donors (Lipinski definition) is 0. The molecule has 0 aliphatic heterocycles. The zero-order chi connectivity index (χ0) is 19.1. The Labute approximate surface area is 152 Å². The molecular formula is C20H22O6. The summed E-state index contributed by atoms with van der Waals surface area (Å²) in [6.07, 6.45) is 3.14. The molecule has 2 rings (SSSR count). The van der Waals surface area contributed by atoms with Crippen molar-refractivity contribution in [1.82, 2.24) is 0 Å². The largest absolute Gasteiger partial charge is 0.497 e. The summed E-state index contributed by atoms with van der Waals surface area (Å²) in [7, 11) is 7.64. The lowest BCUT2D eigenvalue weighted by atomic mass is 10.1. The van der Waals surface area contributed by atoms with Crippen LogP contribution >= 0.6 is 0 Å². The average molecular weight is 358 g/mol. The molecule has 2 aromatic carbocycles. The molecule has 0 aromatic heterocycles. The van der Waals surface area contributed by atoms with E-state index in [-0.39, 0.29) is 5.78 Å². The first-order chi connectivity index (χ1) is 12.6. The third kappa shape index (κ3) is 4.08. The van der Waals surface area contributed by atoms with Gasteiger partial charge in [-0.2, -0.15) is 0 Å². The molecular weight excluding hydrogens is 336 g/mol. The molecule has 0 aliphatic carbocycles. The first kappa shape index (κ1) is 19.2. The van der Waals surface area contributed by atoms with Gasteiger partial charge in [-0.25, -0.2) is 0 Å². The standard InChI is InChI=1S/C20H22O6/c1-22-14-10-13(11-15(12-14)23-2)6-8-17(21)16-7-9-18(24-3)20(26-5)19(16)25-4/h6-12H,1-5H3/b8-6+. The number of rotatable bonds is 8. The summed E-state index contributed by atoms with van der Waals surface area (Å²) in [4.78, 5) is 12.6. The Morgan fingerprint density at radius 2 is 1.38 bits per heavy atom. The summed E-state index contributed by atoms with van der Waals surface area (Å²) in [6, 6.07) is 8.67.